The maximum absolute atomic E-state index is 9.75. The van der Waals surface area contributed by atoms with Crippen LogP contribution in [0.1, 0.15) is 24.0 Å². The molecule has 0 amide bonds. The van der Waals surface area contributed by atoms with E-state index in [0.717, 1.165) is 28.1 Å². The Balaban J connectivity index is 1.89. The number of ether oxygens (including phenoxy) is 2. The minimum Gasteiger partial charge on any atom is -0.494 e. The number of nitrogens with two attached hydrogens (primary N) is 1. The Hall–Kier alpha value is -3.43. The van der Waals surface area contributed by atoms with Gasteiger partial charge in [-0.15, -0.1) is 5.10 Å². The van der Waals surface area contributed by atoms with E-state index >= 15 is 0 Å². The first-order valence-electron chi connectivity index (χ1n) is 8.77. The number of rotatable bonds is 4. The van der Waals surface area contributed by atoms with E-state index in [9.17, 15) is 5.26 Å². The first-order valence-corrected chi connectivity index (χ1v) is 9.15. The predicted molar refractivity (Wildman–Crippen MR) is 106 cm³/mol. The Labute approximate surface area is 167 Å². The standard InChI is InChI=1S/C21H17ClN4O2/c1-2-27-13-9-7-12(8-10-13)19-18-17(14-5-3-4-6-16(14)22)15(11-23)20(24)28-21(18)26-25-19/h3-10,17H,2,24H2,1H3,(H,25,26)/t17-/m0/s1. The number of hydrogen-bond donors (Lipinski definition) is 2. The third-order valence-electron chi connectivity index (χ3n) is 4.61. The Morgan fingerprint density at radius 3 is 2.68 bits per heavy atom. The molecule has 140 valence electrons. The molecule has 1 aliphatic heterocycles. The van der Waals surface area contributed by atoms with E-state index in [1.807, 2.05) is 49.4 Å². The van der Waals surface area contributed by atoms with E-state index in [-0.39, 0.29) is 5.88 Å². The third-order valence-corrected chi connectivity index (χ3v) is 4.95. The number of nitriles is 1. The Morgan fingerprint density at radius 2 is 2.00 bits per heavy atom. The van der Waals surface area contributed by atoms with Gasteiger partial charge in [-0.25, -0.2) is 0 Å². The molecule has 0 radical (unpaired) electrons. The monoisotopic (exact) mass is 392 g/mol. The summed E-state index contributed by atoms with van der Waals surface area (Å²) >= 11 is 6.45. The largest absolute Gasteiger partial charge is 0.494 e. The van der Waals surface area contributed by atoms with E-state index in [4.69, 9.17) is 26.8 Å². The lowest BCUT2D eigenvalue weighted by atomic mass is 9.83. The van der Waals surface area contributed by atoms with Gasteiger partial charge in [-0.05, 0) is 42.8 Å². The molecule has 28 heavy (non-hydrogen) atoms. The van der Waals surface area contributed by atoms with E-state index in [2.05, 4.69) is 16.3 Å². The lowest BCUT2D eigenvalue weighted by Crippen LogP contribution is -2.21. The van der Waals surface area contributed by atoms with Crippen LogP contribution < -0.4 is 15.2 Å². The molecule has 3 aromatic rings. The number of hydrogen-bond acceptors (Lipinski definition) is 5. The molecule has 0 bridgehead atoms. The van der Waals surface area contributed by atoms with Crippen molar-refractivity contribution >= 4 is 11.6 Å². The van der Waals surface area contributed by atoms with Crippen LogP contribution in [0.2, 0.25) is 5.02 Å². The second-order valence-electron chi connectivity index (χ2n) is 6.22. The van der Waals surface area contributed by atoms with Crippen LogP contribution in [0.15, 0.2) is 60.0 Å². The summed E-state index contributed by atoms with van der Waals surface area (Å²) < 4.78 is 11.1. The van der Waals surface area contributed by atoms with Gasteiger partial charge in [0.1, 0.15) is 17.4 Å². The van der Waals surface area contributed by atoms with Gasteiger partial charge >= 0.3 is 0 Å². The lowest BCUT2D eigenvalue weighted by Gasteiger charge is -2.24. The minimum absolute atomic E-state index is 0.0321. The van der Waals surface area contributed by atoms with Gasteiger partial charge in [-0.1, -0.05) is 29.8 Å². The van der Waals surface area contributed by atoms with Gasteiger partial charge < -0.3 is 15.2 Å². The quantitative estimate of drug-likeness (QED) is 0.688. The molecule has 3 N–H and O–H groups in total. The van der Waals surface area contributed by atoms with Crippen LogP contribution in [0.25, 0.3) is 11.3 Å². The smallest absolute Gasteiger partial charge is 0.244 e. The fourth-order valence-corrected chi connectivity index (χ4v) is 3.61. The summed E-state index contributed by atoms with van der Waals surface area (Å²) in [5, 5.41) is 17.6. The molecule has 2 aromatic carbocycles. The first kappa shape index (κ1) is 18.0. The maximum Gasteiger partial charge on any atom is 0.244 e. The summed E-state index contributed by atoms with van der Waals surface area (Å²) in [6, 6.07) is 17.2. The van der Waals surface area contributed by atoms with Crippen molar-refractivity contribution in [1.29, 1.82) is 5.26 Å². The summed E-state index contributed by atoms with van der Waals surface area (Å²) in [5.74, 6) is 0.665. The number of aromatic amines is 1. The maximum atomic E-state index is 9.75. The second-order valence-corrected chi connectivity index (χ2v) is 6.63. The molecule has 0 saturated carbocycles. The van der Waals surface area contributed by atoms with Gasteiger partial charge in [0, 0.05) is 10.6 Å². The van der Waals surface area contributed by atoms with Crippen LogP contribution in [0, 0.1) is 11.3 Å². The van der Waals surface area contributed by atoms with Gasteiger partial charge in [0.15, 0.2) is 0 Å². The minimum atomic E-state index is -0.484. The highest BCUT2D eigenvalue weighted by Crippen LogP contribution is 2.47. The predicted octanol–water partition coefficient (Wildman–Crippen LogP) is 4.35. The van der Waals surface area contributed by atoms with Crippen molar-refractivity contribution < 1.29 is 9.47 Å². The third kappa shape index (κ3) is 2.96. The molecular formula is C21H17ClN4O2. The summed E-state index contributed by atoms with van der Waals surface area (Å²) in [5.41, 5.74) is 9.42. The zero-order valence-electron chi connectivity index (χ0n) is 15.1. The summed E-state index contributed by atoms with van der Waals surface area (Å²) in [7, 11) is 0. The van der Waals surface area contributed by atoms with Crippen LogP contribution in [0.4, 0.5) is 0 Å². The van der Waals surface area contributed by atoms with Crippen molar-refractivity contribution in [3.63, 3.8) is 0 Å². The van der Waals surface area contributed by atoms with Crippen LogP contribution in [0.3, 0.4) is 0 Å². The normalized spacial score (nSPS) is 15.5. The van der Waals surface area contributed by atoms with Crippen LogP contribution in [-0.2, 0) is 0 Å². The number of fused-ring (bicyclic) bond motifs is 1. The van der Waals surface area contributed by atoms with Crippen LogP contribution in [0.5, 0.6) is 11.6 Å². The molecule has 0 fully saturated rings. The van der Waals surface area contributed by atoms with E-state index in [1.165, 1.54) is 0 Å². The summed E-state index contributed by atoms with van der Waals surface area (Å²) in [6.45, 7) is 2.53. The van der Waals surface area contributed by atoms with E-state index in [1.54, 1.807) is 6.07 Å². The molecule has 7 heteroatoms. The molecule has 0 spiro atoms. The number of aromatic nitrogens is 2. The van der Waals surface area contributed by atoms with Crippen molar-refractivity contribution in [2.75, 3.05) is 6.61 Å². The zero-order valence-corrected chi connectivity index (χ0v) is 15.8. The molecule has 4 rings (SSSR count). The van der Waals surface area contributed by atoms with E-state index in [0.29, 0.717) is 23.1 Å². The molecular weight excluding hydrogens is 376 g/mol. The molecule has 6 nitrogen and oxygen atoms in total. The highest BCUT2D eigenvalue weighted by atomic mass is 35.5. The van der Waals surface area contributed by atoms with Crippen LogP contribution >= 0.6 is 11.6 Å². The summed E-state index contributed by atoms with van der Waals surface area (Å²) in [6.07, 6.45) is 0. The number of allylic oxidation sites excluding steroid dienone is 1. The Morgan fingerprint density at radius 1 is 1.25 bits per heavy atom. The van der Waals surface area contributed by atoms with Crippen molar-refractivity contribution in [3.05, 3.63) is 76.1 Å². The van der Waals surface area contributed by atoms with Crippen molar-refractivity contribution in [1.82, 2.24) is 10.2 Å². The molecule has 1 aromatic heterocycles. The lowest BCUT2D eigenvalue weighted by molar-refractivity contribution is 0.340. The number of H-pyrrole nitrogens is 1. The average Bonchev–Trinajstić information content (AvgIpc) is 3.12. The van der Waals surface area contributed by atoms with Gasteiger partial charge in [0.25, 0.3) is 0 Å². The average molecular weight is 393 g/mol. The molecule has 0 unspecified atom stereocenters. The van der Waals surface area contributed by atoms with Gasteiger partial charge in [-0.3, -0.25) is 5.10 Å². The molecule has 0 saturated heterocycles. The SMILES string of the molecule is CCOc1ccc(-c2[nH]nc3c2[C@@H](c2ccccc2Cl)C(C#N)=C(N)O3)cc1. The first-order chi connectivity index (χ1) is 13.6. The Bertz CT molecular complexity index is 1100. The highest BCUT2D eigenvalue weighted by Gasteiger charge is 2.36. The van der Waals surface area contributed by atoms with E-state index < -0.39 is 5.92 Å². The Kier molecular flexibility index (Phi) is 4.68. The molecule has 1 aliphatic rings. The molecule has 0 aliphatic carbocycles. The second kappa shape index (κ2) is 7.29. The molecule has 2 heterocycles. The van der Waals surface area contributed by atoms with Gasteiger partial charge in [-0.2, -0.15) is 5.26 Å². The van der Waals surface area contributed by atoms with Gasteiger partial charge in [0.05, 0.1) is 23.8 Å². The molecule has 1 atom stereocenters. The number of halogens is 1. The van der Waals surface area contributed by atoms with Crippen molar-refractivity contribution in [3.8, 4) is 29.0 Å². The number of nitrogens with zero attached hydrogens (tertiary/aromatic N) is 2. The number of nitrogens with one attached hydrogen (secondary N) is 1. The zero-order chi connectivity index (χ0) is 19.7. The fourth-order valence-electron chi connectivity index (χ4n) is 3.37. The number of benzene rings is 2. The topological polar surface area (TPSA) is 97.0 Å². The fraction of sp³-hybridized carbons (Fsp3) is 0.143. The summed E-state index contributed by atoms with van der Waals surface area (Å²) in [4.78, 5) is 0. The highest BCUT2D eigenvalue weighted by molar-refractivity contribution is 6.31. The van der Waals surface area contributed by atoms with Crippen molar-refractivity contribution in [2.45, 2.75) is 12.8 Å². The van der Waals surface area contributed by atoms with Crippen LogP contribution in [-0.4, -0.2) is 16.8 Å². The van der Waals surface area contributed by atoms with Gasteiger partial charge in [0.2, 0.25) is 11.8 Å². The van der Waals surface area contributed by atoms with Crippen molar-refractivity contribution in [2.24, 2.45) is 5.73 Å².